The molecule has 1 heterocycles. The van der Waals surface area contributed by atoms with Crippen molar-refractivity contribution in [2.24, 2.45) is 0 Å². The van der Waals surface area contributed by atoms with E-state index in [0.29, 0.717) is 0 Å². The number of aromatic amines is 1. The van der Waals surface area contributed by atoms with E-state index in [1.54, 1.807) is 0 Å². The number of benzene rings is 2. The van der Waals surface area contributed by atoms with Gasteiger partial charge in [0.05, 0.1) is 11.0 Å². The number of rotatable bonds is 2. The van der Waals surface area contributed by atoms with E-state index in [0.717, 1.165) is 22.7 Å². The van der Waals surface area contributed by atoms with Gasteiger partial charge in [0.15, 0.2) is 0 Å². The monoisotopic (exact) mass is 223 g/mol. The zero-order valence-corrected chi connectivity index (χ0v) is 9.57. The summed E-state index contributed by atoms with van der Waals surface area (Å²) in [4.78, 5) is 7.73. The van der Waals surface area contributed by atoms with E-state index in [-0.39, 0.29) is 0 Å². The normalized spacial score (nSPS) is 10.6. The standard InChI is InChI=1S/C14H13N3/c1-10-6-2-3-7-11(10)15-14-16-12-8-4-5-9-13(12)17-14/h2-9H,1H3,(H2,15,16,17). The van der Waals surface area contributed by atoms with Crippen LogP contribution >= 0.6 is 0 Å². The van der Waals surface area contributed by atoms with Gasteiger partial charge >= 0.3 is 0 Å². The van der Waals surface area contributed by atoms with E-state index in [1.165, 1.54) is 5.56 Å². The third-order valence-corrected chi connectivity index (χ3v) is 2.79. The average Bonchev–Trinajstić information content (AvgIpc) is 2.74. The van der Waals surface area contributed by atoms with Crippen LogP contribution in [0, 0.1) is 6.92 Å². The Balaban J connectivity index is 1.98. The fourth-order valence-electron chi connectivity index (χ4n) is 1.85. The minimum Gasteiger partial charge on any atom is -0.326 e. The van der Waals surface area contributed by atoms with E-state index in [2.05, 4.69) is 28.3 Å². The maximum absolute atomic E-state index is 4.48. The molecule has 0 aliphatic carbocycles. The largest absolute Gasteiger partial charge is 0.326 e. The molecule has 0 bridgehead atoms. The molecule has 0 unspecified atom stereocenters. The smallest absolute Gasteiger partial charge is 0.205 e. The fourth-order valence-corrected chi connectivity index (χ4v) is 1.85. The highest BCUT2D eigenvalue weighted by Crippen LogP contribution is 2.20. The van der Waals surface area contributed by atoms with Gasteiger partial charge in [-0.25, -0.2) is 4.98 Å². The van der Waals surface area contributed by atoms with Gasteiger partial charge in [-0.15, -0.1) is 0 Å². The van der Waals surface area contributed by atoms with Crippen molar-refractivity contribution >= 4 is 22.7 Å². The van der Waals surface area contributed by atoms with Gasteiger partial charge in [-0.3, -0.25) is 0 Å². The van der Waals surface area contributed by atoms with E-state index in [4.69, 9.17) is 0 Å². The highest BCUT2D eigenvalue weighted by Gasteiger charge is 2.02. The van der Waals surface area contributed by atoms with E-state index in [1.807, 2.05) is 42.5 Å². The quantitative estimate of drug-likeness (QED) is 0.696. The van der Waals surface area contributed by atoms with Crippen LogP contribution in [0.4, 0.5) is 11.6 Å². The lowest BCUT2D eigenvalue weighted by molar-refractivity contribution is 1.29. The third-order valence-electron chi connectivity index (χ3n) is 2.79. The molecule has 0 radical (unpaired) electrons. The number of hydrogen-bond donors (Lipinski definition) is 2. The summed E-state index contributed by atoms with van der Waals surface area (Å²) in [6.45, 7) is 2.07. The van der Waals surface area contributed by atoms with Gasteiger partial charge < -0.3 is 10.3 Å². The minimum atomic E-state index is 0.778. The highest BCUT2D eigenvalue weighted by molar-refractivity contribution is 5.78. The van der Waals surface area contributed by atoms with Crippen LogP contribution in [0.2, 0.25) is 0 Å². The summed E-state index contributed by atoms with van der Waals surface area (Å²) in [5.41, 5.74) is 4.30. The maximum Gasteiger partial charge on any atom is 0.205 e. The predicted molar refractivity (Wildman–Crippen MR) is 70.6 cm³/mol. The second-order valence-corrected chi connectivity index (χ2v) is 4.04. The Morgan fingerprint density at radius 3 is 2.59 bits per heavy atom. The average molecular weight is 223 g/mol. The number of fused-ring (bicyclic) bond motifs is 1. The van der Waals surface area contributed by atoms with Crippen molar-refractivity contribution in [3.8, 4) is 0 Å². The summed E-state index contributed by atoms with van der Waals surface area (Å²) >= 11 is 0. The number of para-hydroxylation sites is 3. The molecule has 1 aromatic heterocycles. The summed E-state index contributed by atoms with van der Waals surface area (Å²) in [6, 6.07) is 16.2. The molecule has 17 heavy (non-hydrogen) atoms. The Labute approximate surface area is 99.5 Å². The molecule has 2 aromatic carbocycles. The van der Waals surface area contributed by atoms with Gasteiger partial charge in [0.1, 0.15) is 0 Å². The molecule has 0 aliphatic rings. The van der Waals surface area contributed by atoms with E-state index < -0.39 is 0 Å². The van der Waals surface area contributed by atoms with Gasteiger partial charge in [-0.05, 0) is 30.7 Å². The molecule has 3 aromatic rings. The Morgan fingerprint density at radius 2 is 1.76 bits per heavy atom. The number of anilines is 2. The van der Waals surface area contributed by atoms with E-state index in [9.17, 15) is 0 Å². The minimum absolute atomic E-state index is 0.778. The van der Waals surface area contributed by atoms with Crippen molar-refractivity contribution in [1.82, 2.24) is 9.97 Å². The first-order chi connectivity index (χ1) is 8.33. The van der Waals surface area contributed by atoms with Crippen molar-refractivity contribution in [1.29, 1.82) is 0 Å². The van der Waals surface area contributed by atoms with Crippen LogP contribution in [0.1, 0.15) is 5.56 Å². The topological polar surface area (TPSA) is 40.7 Å². The van der Waals surface area contributed by atoms with Crippen molar-refractivity contribution in [2.75, 3.05) is 5.32 Å². The molecule has 0 aliphatic heterocycles. The Hall–Kier alpha value is -2.29. The predicted octanol–water partition coefficient (Wildman–Crippen LogP) is 3.61. The molecule has 2 N–H and O–H groups in total. The second-order valence-electron chi connectivity index (χ2n) is 4.04. The lowest BCUT2D eigenvalue weighted by Crippen LogP contribution is -1.94. The fraction of sp³-hybridized carbons (Fsp3) is 0.0714. The Morgan fingerprint density at radius 1 is 1.00 bits per heavy atom. The van der Waals surface area contributed by atoms with Crippen LogP contribution in [0.3, 0.4) is 0 Å². The first-order valence-electron chi connectivity index (χ1n) is 5.60. The van der Waals surface area contributed by atoms with Crippen LogP contribution in [-0.2, 0) is 0 Å². The van der Waals surface area contributed by atoms with Gasteiger partial charge in [0.2, 0.25) is 5.95 Å². The van der Waals surface area contributed by atoms with Crippen molar-refractivity contribution in [3.05, 3.63) is 54.1 Å². The summed E-state index contributed by atoms with van der Waals surface area (Å²) in [7, 11) is 0. The molecule has 0 saturated carbocycles. The van der Waals surface area contributed by atoms with Gasteiger partial charge in [-0.2, -0.15) is 0 Å². The molecule has 0 amide bonds. The molecular formula is C14H13N3. The molecule has 3 nitrogen and oxygen atoms in total. The van der Waals surface area contributed by atoms with Crippen LogP contribution in [-0.4, -0.2) is 9.97 Å². The zero-order valence-electron chi connectivity index (χ0n) is 9.57. The Bertz CT molecular complexity index is 622. The first-order valence-corrected chi connectivity index (χ1v) is 5.60. The number of nitrogens with one attached hydrogen (secondary N) is 2. The number of aromatic nitrogens is 2. The first kappa shape index (κ1) is 9.90. The number of nitrogens with zero attached hydrogens (tertiary/aromatic N) is 1. The van der Waals surface area contributed by atoms with Crippen LogP contribution in [0.5, 0.6) is 0 Å². The lowest BCUT2D eigenvalue weighted by Gasteiger charge is -2.05. The van der Waals surface area contributed by atoms with Crippen LogP contribution in [0.15, 0.2) is 48.5 Å². The van der Waals surface area contributed by atoms with E-state index >= 15 is 0 Å². The van der Waals surface area contributed by atoms with Crippen molar-refractivity contribution < 1.29 is 0 Å². The van der Waals surface area contributed by atoms with Crippen LogP contribution < -0.4 is 5.32 Å². The molecule has 0 spiro atoms. The van der Waals surface area contributed by atoms with Crippen molar-refractivity contribution in [3.63, 3.8) is 0 Å². The molecular weight excluding hydrogens is 210 g/mol. The number of H-pyrrole nitrogens is 1. The zero-order chi connectivity index (χ0) is 11.7. The highest BCUT2D eigenvalue weighted by atomic mass is 15.1. The molecule has 0 atom stereocenters. The number of hydrogen-bond acceptors (Lipinski definition) is 2. The SMILES string of the molecule is Cc1ccccc1Nc1nc2ccccc2[nH]1. The molecule has 3 rings (SSSR count). The molecule has 0 fully saturated rings. The summed E-state index contributed by atoms with van der Waals surface area (Å²) in [5, 5.41) is 3.29. The number of aryl methyl sites for hydroxylation is 1. The summed E-state index contributed by atoms with van der Waals surface area (Å²) in [6.07, 6.45) is 0. The number of imidazole rings is 1. The molecule has 3 heteroatoms. The summed E-state index contributed by atoms with van der Waals surface area (Å²) < 4.78 is 0. The second kappa shape index (κ2) is 3.94. The van der Waals surface area contributed by atoms with Crippen molar-refractivity contribution in [2.45, 2.75) is 6.92 Å². The van der Waals surface area contributed by atoms with Crippen LogP contribution in [0.25, 0.3) is 11.0 Å². The Kier molecular flexibility index (Phi) is 2.29. The molecule has 84 valence electrons. The van der Waals surface area contributed by atoms with Gasteiger partial charge in [0, 0.05) is 5.69 Å². The third kappa shape index (κ3) is 1.87. The molecule has 0 saturated heterocycles. The maximum atomic E-state index is 4.48. The van der Waals surface area contributed by atoms with Gasteiger partial charge in [0.25, 0.3) is 0 Å². The lowest BCUT2D eigenvalue weighted by atomic mass is 10.2. The van der Waals surface area contributed by atoms with Gasteiger partial charge in [-0.1, -0.05) is 30.3 Å². The summed E-state index contributed by atoms with van der Waals surface area (Å²) in [5.74, 6) is 0.778.